The van der Waals surface area contributed by atoms with Crippen LogP contribution in [0.3, 0.4) is 0 Å². The summed E-state index contributed by atoms with van der Waals surface area (Å²) in [5.74, 6) is -0.815. The van der Waals surface area contributed by atoms with Crippen LogP contribution in [0.15, 0.2) is 35.5 Å². The van der Waals surface area contributed by atoms with E-state index in [1.807, 2.05) is 0 Å². The van der Waals surface area contributed by atoms with Gasteiger partial charge in [0, 0.05) is 23.8 Å². The van der Waals surface area contributed by atoms with Gasteiger partial charge in [-0.1, -0.05) is 11.6 Å². The zero-order valence-electron chi connectivity index (χ0n) is 9.53. The first-order valence-corrected chi connectivity index (χ1v) is 5.49. The van der Waals surface area contributed by atoms with Crippen molar-refractivity contribution in [1.29, 1.82) is 0 Å². The van der Waals surface area contributed by atoms with Crippen LogP contribution in [-0.4, -0.2) is 25.8 Å². The van der Waals surface area contributed by atoms with Crippen LogP contribution in [0.1, 0.15) is 0 Å². The highest BCUT2D eigenvalue weighted by molar-refractivity contribution is 6.30. The van der Waals surface area contributed by atoms with Gasteiger partial charge in [-0.15, -0.1) is 0 Å². The minimum Gasteiger partial charge on any atom is -0.489 e. The highest BCUT2D eigenvalue weighted by atomic mass is 35.5. The number of benzene rings is 1. The minimum atomic E-state index is -0.510. The van der Waals surface area contributed by atoms with Crippen molar-refractivity contribution in [1.82, 2.24) is 5.32 Å². The van der Waals surface area contributed by atoms with Crippen molar-refractivity contribution in [2.24, 2.45) is 4.99 Å². The molecule has 0 radical (unpaired) electrons. The maximum Gasteiger partial charge on any atom is 0.270 e. The third-order valence-corrected chi connectivity index (χ3v) is 2.13. The van der Waals surface area contributed by atoms with Gasteiger partial charge in [0.1, 0.15) is 6.61 Å². The van der Waals surface area contributed by atoms with Gasteiger partial charge in [-0.05, 0) is 24.9 Å². The first-order valence-electron chi connectivity index (χ1n) is 5.12. The molecule has 0 saturated carbocycles. The fourth-order valence-electron chi connectivity index (χ4n) is 1.08. The highest BCUT2D eigenvalue weighted by Gasteiger charge is 2.02. The average molecular weight is 271 g/mol. The van der Waals surface area contributed by atoms with E-state index in [0.717, 1.165) is 0 Å². The van der Waals surface area contributed by atoms with Crippen LogP contribution < -0.4 is 10.1 Å². The van der Waals surface area contributed by atoms with Crippen molar-refractivity contribution in [3.05, 3.63) is 41.3 Å². The van der Waals surface area contributed by atoms with Gasteiger partial charge in [-0.2, -0.15) is 0 Å². The van der Waals surface area contributed by atoms with Gasteiger partial charge in [0.15, 0.2) is 11.6 Å². The Balaban J connectivity index is 2.28. The number of amides is 1. The Labute approximate surface area is 109 Å². The summed E-state index contributed by atoms with van der Waals surface area (Å²) in [6.45, 7) is 3.74. The Bertz CT molecular complexity index is 463. The highest BCUT2D eigenvalue weighted by Crippen LogP contribution is 2.20. The van der Waals surface area contributed by atoms with Gasteiger partial charge >= 0.3 is 0 Å². The van der Waals surface area contributed by atoms with E-state index >= 15 is 0 Å². The number of hydrogen-bond acceptors (Lipinski definition) is 3. The normalized spacial score (nSPS) is 10.3. The molecule has 6 heteroatoms. The topological polar surface area (TPSA) is 50.7 Å². The number of rotatable bonds is 6. The molecule has 1 rings (SSSR count). The number of ether oxygens (including phenoxy) is 1. The molecule has 18 heavy (non-hydrogen) atoms. The van der Waals surface area contributed by atoms with Gasteiger partial charge < -0.3 is 10.1 Å². The van der Waals surface area contributed by atoms with E-state index in [9.17, 15) is 9.18 Å². The Hall–Kier alpha value is -1.88. The number of halogens is 2. The molecule has 0 aliphatic rings. The summed E-state index contributed by atoms with van der Waals surface area (Å²) < 4.78 is 18.4. The third kappa shape index (κ3) is 4.97. The summed E-state index contributed by atoms with van der Waals surface area (Å²) in [6.07, 6.45) is 2.66. The number of hydrogen-bond donors (Lipinski definition) is 1. The van der Waals surface area contributed by atoms with E-state index in [0.29, 0.717) is 11.6 Å². The Morgan fingerprint density at radius 3 is 3.06 bits per heavy atom. The monoisotopic (exact) mass is 270 g/mol. The molecular weight excluding hydrogens is 259 g/mol. The summed E-state index contributed by atoms with van der Waals surface area (Å²) in [6, 6.07) is 4.18. The van der Waals surface area contributed by atoms with Crippen molar-refractivity contribution in [2.45, 2.75) is 0 Å². The van der Waals surface area contributed by atoms with E-state index in [4.69, 9.17) is 16.3 Å². The summed E-state index contributed by atoms with van der Waals surface area (Å²) >= 11 is 5.60. The summed E-state index contributed by atoms with van der Waals surface area (Å²) in [5.41, 5.74) is 0. The average Bonchev–Trinajstić information content (AvgIpc) is 2.35. The minimum absolute atomic E-state index is 0.133. The molecule has 1 N–H and O–H groups in total. The second kappa shape index (κ2) is 7.45. The zero-order valence-corrected chi connectivity index (χ0v) is 10.3. The molecule has 0 aliphatic heterocycles. The molecule has 0 atom stereocenters. The second-order valence-electron chi connectivity index (χ2n) is 3.21. The zero-order chi connectivity index (χ0) is 13.4. The second-order valence-corrected chi connectivity index (χ2v) is 3.64. The number of carbonyl (C=O) groups is 1. The smallest absolute Gasteiger partial charge is 0.270 e. The van der Waals surface area contributed by atoms with Crippen molar-refractivity contribution < 1.29 is 13.9 Å². The largest absolute Gasteiger partial charge is 0.489 e. The molecular formula is C12H12ClFN2O2. The van der Waals surface area contributed by atoms with Crippen LogP contribution in [-0.2, 0) is 4.79 Å². The van der Waals surface area contributed by atoms with E-state index in [1.165, 1.54) is 24.4 Å². The predicted molar refractivity (Wildman–Crippen MR) is 68.6 cm³/mol. The third-order valence-electron chi connectivity index (χ3n) is 1.90. The summed E-state index contributed by atoms with van der Waals surface area (Å²) in [5, 5.41) is 3.11. The standard InChI is InChI=1S/C12H12ClFN2O2/c1-15-12(17)4-5-16-6-7-18-11-3-2-9(13)8-10(11)14/h2-5,8,16H,1,6-7H2/b5-4-. The predicted octanol–water partition coefficient (Wildman–Crippen LogP) is 2.19. The fraction of sp³-hybridized carbons (Fsp3) is 0.167. The van der Waals surface area contributed by atoms with E-state index < -0.39 is 11.7 Å². The number of carbonyl (C=O) groups excluding carboxylic acids is 1. The fourth-order valence-corrected chi connectivity index (χ4v) is 1.24. The van der Waals surface area contributed by atoms with Crippen LogP contribution in [0.2, 0.25) is 5.02 Å². The molecule has 0 aliphatic carbocycles. The molecule has 0 aromatic heterocycles. The molecule has 1 aromatic carbocycles. The quantitative estimate of drug-likeness (QED) is 0.490. The molecule has 0 fully saturated rings. The van der Waals surface area contributed by atoms with Crippen molar-refractivity contribution in [2.75, 3.05) is 13.2 Å². The lowest BCUT2D eigenvalue weighted by Gasteiger charge is -2.07. The number of nitrogens with zero attached hydrogens (tertiary/aromatic N) is 1. The van der Waals surface area contributed by atoms with Crippen molar-refractivity contribution in [3.8, 4) is 5.75 Å². The van der Waals surface area contributed by atoms with Gasteiger partial charge in [0.2, 0.25) is 0 Å². The van der Waals surface area contributed by atoms with Crippen LogP contribution in [0.5, 0.6) is 5.75 Å². The van der Waals surface area contributed by atoms with Crippen LogP contribution in [0, 0.1) is 5.82 Å². The van der Waals surface area contributed by atoms with Gasteiger partial charge in [-0.25, -0.2) is 9.38 Å². The molecule has 0 saturated heterocycles. The van der Waals surface area contributed by atoms with Crippen molar-refractivity contribution in [3.63, 3.8) is 0 Å². The lowest BCUT2D eigenvalue weighted by molar-refractivity contribution is -0.113. The van der Waals surface area contributed by atoms with Gasteiger partial charge in [-0.3, -0.25) is 4.79 Å². The Morgan fingerprint density at radius 1 is 1.61 bits per heavy atom. The molecule has 0 bridgehead atoms. The molecule has 0 spiro atoms. The lowest BCUT2D eigenvalue weighted by Crippen LogP contribution is -2.16. The van der Waals surface area contributed by atoms with Gasteiger partial charge in [0.05, 0.1) is 0 Å². The number of aliphatic imine (C=N–C) groups is 1. The van der Waals surface area contributed by atoms with Crippen LogP contribution in [0.25, 0.3) is 0 Å². The van der Waals surface area contributed by atoms with Crippen molar-refractivity contribution >= 4 is 24.2 Å². The Kier molecular flexibility index (Phi) is 5.87. The molecule has 0 heterocycles. The molecule has 4 nitrogen and oxygen atoms in total. The lowest BCUT2D eigenvalue weighted by atomic mass is 10.3. The first-order chi connectivity index (χ1) is 8.63. The van der Waals surface area contributed by atoms with Gasteiger partial charge in [0.25, 0.3) is 5.91 Å². The number of nitrogens with one attached hydrogen (secondary N) is 1. The van der Waals surface area contributed by atoms with Crippen LogP contribution in [0.4, 0.5) is 4.39 Å². The Morgan fingerprint density at radius 2 is 2.39 bits per heavy atom. The molecule has 1 amide bonds. The summed E-state index contributed by atoms with van der Waals surface area (Å²) in [4.78, 5) is 13.9. The maximum absolute atomic E-state index is 13.3. The molecule has 1 aromatic rings. The van der Waals surface area contributed by atoms with Crippen LogP contribution >= 0.6 is 11.6 Å². The summed E-state index contributed by atoms with van der Waals surface area (Å²) in [7, 11) is 0. The molecule has 0 unspecified atom stereocenters. The SMILES string of the molecule is C=NC(=O)/C=C\NCCOc1ccc(Cl)cc1F. The van der Waals surface area contributed by atoms with E-state index in [1.54, 1.807) is 6.07 Å². The molecule has 96 valence electrons. The van der Waals surface area contributed by atoms with E-state index in [-0.39, 0.29) is 12.4 Å². The van der Waals surface area contributed by atoms with E-state index in [2.05, 4.69) is 17.0 Å². The first kappa shape index (κ1) is 14.2. The maximum atomic E-state index is 13.3.